The van der Waals surface area contributed by atoms with Gasteiger partial charge in [0.25, 0.3) is 5.56 Å². The van der Waals surface area contributed by atoms with Crippen molar-refractivity contribution in [3.05, 3.63) is 98.4 Å². The third-order valence-corrected chi connectivity index (χ3v) is 5.66. The molecule has 32 heavy (non-hydrogen) atoms. The number of carbonyl (C=O) groups is 2. The highest BCUT2D eigenvalue weighted by atomic mass is 35.5. The molecule has 0 spiro atoms. The molecule has 166 valence electrons. The van der Waals surface area contributed by atoms with Crippen molar-refractivity contribution in [1.29, 1.82) is 0 Å². The number of aromatic nitrogens is 1. The van der Waals surface area contributed by atoms with E-state index in [9.17, 15) is 14.4 Å². The van der Waals surface area contributed by atoms with Crippen LogP contribution >= 0.6 is 11.6 Å². The lowest BCUT2D eigenvalue weighted by molar-refractivity contribution is -0.108. The molecular weight excluding hydrogens is 426 g/mol. The van der Waals surface area contributed by atoms with Crippen LogP contribution in [0.1, 0.15) is 41.6 Å². The van der Waals surface area contributed by atoms with E-state index in [0.29, 0.717) is 11.4 Å². The Morgan fingerprint density at radius 1 is 1.09 bits per heavy atom. The first-order valence-corrected chi connectivity index (χ1v) is 10.8. The minimum absolute atomic E-state index is 0.128. The summed E-state index contributed by atoms with van der Waals surface area (Å²) in [6.07, 6.45) is 3.17. The van der Waals surface area contributed by atoms with Gasteiger partial charge < -0.3 is 20.0 Å². The predicted octanol–water partition coefficient (Wildman–Crippen LogP) is 4.87. The zero-order chi connectivity index (χ0) is 23.1. The number of carbonyl (C=O) groups excluding carboxylic acids is 2. The molecule has 1 atom stereocenters. The summed E-state index contributed by atoms with van der Waals surface area (Å²) in [6, 6.07) is 15.7. The maximum atomic E-state index is 13.1. The van der Waals surface area contributed by atoms with Crippen molar-refractivity contribution in [2.45, 2.75) is 39.3 Å². The van der Waals surface area contributed by atoms with Crippen LogP contribution in [0.25, 0.3) is 0 Å². The molecule has 0 radical (unpaired) electrons. The molecule has 2 N–H and O–H groups in total. The molecule has 0 saturated heterocycles. The maximum absolute atomic E-state index is 13.1. The van der Waals surface area contributed by atoms with E-state index in [0.717, 1.165) is 28.5 Å². The molecule has 0 aliphatic carbocycles. The molecular formula is C25H26ClN3O3. The van der Waals surface area contributed by atoms with Crippen LogP contribution in [0.5, 0.6) is 0 Å². The van der Waals surface area contributed by atoms with E-state index in [-0.39, 0.29) is 24.2 Å². The first-order chi connectivity index (χ1) is 15.4. The fourth-order valence-corrected chi connectivity index (χ4v) is 3.65. The second-order valence-electron chi connectivity index (χ2n) is 7.56. The van der Waals surface area contributed by atoms with Gasteiger partial charge in [-0.05, 0) is 42.2 Å². The van der Waals surface area contributed by atoms with Gasteiger partial charge >= 0.3 is 6.03 Å². The van der Waals surface area contributed by atoms with Crippen LogP contribution in [-0.2, 0) is 17.8 Å². The average molecular weight is 452 g/mol. The maximum Gasteiger partial charge on any atom is 0.319 e. The lowest BCUT2D eigenvalue weighted by Crippen LogP contribution is -2.36. The highest BCUT2D eigenvalue weighted by Crippen LogP contribution is 2.19. The predicted molar refractivity (Wildman–Crippen MR) is 127 cm³/mol. The van der Waals surface area contributed by atoms with Crippen molar-refractivity contribution < 1.29 is 9.59 Å². The molecule has 3 rings (SSSR count). The van der Waals surface area contributed by atoms with Gasteiger partial charge in [0.2, 0.25) is 0 Å². The number of nitrogens with zero attached hydrogens (tertiary/aromatic N) is 1. The molecule has 0 aliphatic rings. The van der Waals surface area contributed by atoms with Gasteiger partial charge in [0.05, 0.1) is 12.6 Å². The molecule has 2 aromatic carbocycles. The second kappa shape index (κ2) is 10.8. The fraction of sp³-hybridized carbons (Fsp3) is 0.240. The molecule has 0 unspecified atom stereocenters. The van der Waals surface area contributed by atoms with Gasteiger partial charge in [-0.15, -0.1) is 0 Å². The number of hydrogen-bond donors (Lipinski definition) is 2. The van der Waals surface area contributed by atoms with Crippen LogP contribution in [0.2, 0.25) is 5.02 Å². The summed E-state index contributed by atoms with van der Waals surface area (Å²) in [4.78, 5) is 37.1. The van der Waals surface area contributed by atoms with Crippen LogP contribution in [0.4, 0.5) is 10.5 Å². The first kappa shape index (κ1) is 23.3. The Kier molecular flexibility index (Phi) is 7.84. The first-order valence-electron chi connectivity index (χ1n) is 10.5. The number of aldehydes is 1. The van der Waals surface area contributed by atoms with Gasteiger partial charge in [0.1, 0.15) is 12.0 Å². The van der Waals surface area contributed by atoms with E-state index in [1.54, 1.807) is 12.3 Å². The Labute approximate surface area is 192 Å². The number of hydrogen-bond acceptors (Lipinski definition) is 3. The summed E-state index contributed by atoms with van der Waals surface area (Å²) in [7, 11) is 0. The minimum Gasteiger partial charge on any atom is -0.331 e. The number of halogens is 1. The lowest BCUT2D eigenvalue weighted by Gasteiger charge is -2.19. The van der Waals surface area contributed by atoms with Crippen LogP contribution in [-0.4, -0.2) is 16.9 Å². The van der Waals surface area contributed by atoms with E-state index in [1.807, 2.05) is 62.4 Å². The monoisotopic (exact) mass is 451 g/mol. The summed E-state index contributed by atoms with van der Waals surface area (Å²) in [5.41, 5.74) is 3.33. The van der Waals surface area contributed by atoms with Gasteiger partial charge in [-0.2, -0.15) is 0 Å². The van der Waals surface area contributed by atoms with E-state index in [4.69, 9.17) is 11.6 Å². The van der Waals surface area contributed by atoms with E-state index >= 15 is 0 Å². The number of pyridine rings is 1. The van der Waals surface area contributed by atoms with Gasteiger partial charge in [-0.3, -0.25) is 4.79 Å². The molecule has 7 heteroatoms. The summed E-state index contributed by atoms with van der Waals surface area (Å²) in [6.45, 7) is 4.17. The topological polar surface area (TPSA) is 80.2 Å². The Hall–Kier alpha value is -3.38. The molecule has 0 aliphatic heterocycles. The summed E-state index contributed by atoms with van der Waals surface area (Å²) >= 11 is 6.24. The Bertz CT molecular complexity index is 1160. The zero-order valence-corrected chi connectivity index (χ0v) is 18.9. The van der Waals surface area contributed by atoms with Gasteiger partial charge in [-0.25, -0.2) is 4.79 Å². The average Bonchev–Trinajstić information content (AvgIpc) is 2.78. The van der Waals surface area contributed by atoms with Crippen molar-refractivity contribution in [1.82, 2.24) is 9.88 Å². The van der Waals surface area contributed by atoms with Crippen molar-refractivity contribution in [3.8, 4) is 0 Å². The van der Waals surface area contributed by atoms with Crippen molar-refractivity contribution in [2.24, 2.45) is 0 Å². The van der Waals surface area contributed by atoms with Crippen LogP contribution in [0.15, 0.2) is 65.6 Å². The number of anilines is 1. The molecule has 0 saturated carbocycles. The highest BCUT2D eigenvalue weighted by molar-refractivity contribution is 6.31. The van der Waals surface area contributed by atoms with Crippen LogP contribution in [0, 0.1) is 6.92 Å². The fourth-order valence-electron chi connectivity index (χ4n) is 3.46. The number of benzene rings is 2. The Morgan fingerprint density at radius 3 is 2.47 bits per heavy atom. The SMILES string of the molecule is CCc1ccn(Cc2ccccc2Cl)c(=O)c1NC(=O)N[C@@H](CC=O)c1ccc(C)cc1. The molecule has 0 bridgehead atoms. The van der Waals surface area contributed by atoms with Crippen molar-refractivity contribution in [3.63, 3.8) is 0 Å². The molecule has 1 heterocycles. The van der Waals surface area contributed by atoms with E-state index < -0.39 is 12.1 Å². The van der Waals surface area contributed by atoms with Crippen molar-refractivity contribution in [2.75, 3.05) is 5.32 Å². The molecule has 0 fully saturated rings. The Morgan fingerprint density at radius 2 is 1.81 bits per heavy atom. The lowest BCUT2D eigenvalue weighted by atomic mass is 10.0. The minimum atomic E-state index is -0.542. The normalized spacial score (nSPS) is 11.6. The zero-order valence-electron chi connectivity index (χ0n) is 18.1. The molecule has 2 amide bonds. The van der Waals surface area contributed by atoms with Crippen molar-refractivity contribution >= 4 is 29.6 Å². The molecule has 3 aromatic rings. The molecule has 6 nitrogen and oxygen atoms in total. The van der Waals surface area contributed by atoms with E-state index in [2.05, 4.69) is 10.6 Å². The number of amides is 2. The smallest absolute Gasteiger partial charge is 0.319 e. The number of aryl methyl sites for hydroxylation is 2. The Balaban J connectivity index is 1.83. The summed E-state index contributed by atoms with van der Waals surface area (Å²) in [5, 5.41) is 6.09. The standard InChI is InChI=1S/C25H26ClN3O3/c1-3-18-12-14-29(16-20-6-4-5-7-21(20)26)24(31)23(18)28-25(32)27-22(13-15-30)19-10-8-17(2)9-11-19/h4-12,14-15,22H,3,13,16H2,1-2H3,(H2,27,28,32)/t22-/m0/s1. The summed E-state index contributed by atoms with van der Waals surface area (Å²) < 4.78 is 1.51. The summed E-state index contributed by atoms with van der Waals surface area (Å²) in [5.74, 6) is 0. The van der Waals surface area contributed by atoms with Crippen LogP contribution in [0.3, 0.4) is 0 Å². The molecule has 1 aromatic heterocycles. The van der Waals surface area contributed by atoms with Gasteiger partial charge in [0, 0.05) is 17.6 Å². The van der Waals surface area contributed by atoms with E-state index in [1.165, 1.54) is 4.57 Å². The number of nitrogens with one attached hydrogen (secondary N) is 2. The number of urea groups is 1. The number of rotatable bonds is 8. The third kappa shape index (κ3) is 5.65. The second-order valence-corrected chi connectivity index (χ2v) is 7.97. The van der Waals surface area contributed by atoms with Gasteiger partial charge in [0.15, 0.2) is 0 Å². The largest absolute Gasteiger partial charge is 0.331 e. The van der Waals surface area contributed by atoms with Crippen LogP contribution < -0.4 is 16.2 Å². The third-order valence-electron chi connectivity index (χ3n) is 5.29. The quantitative estimate of drug-likeness (QED) is 0.479. The van der Waals surface area contributed by atoms with Gasteiger partial charge in [-0.1, -0.05) is 66.6 Å². The highest BCUT2D eigenvalue weighted by Gasteiger charge is 2.17.